The van der Waals surface area contributed by atoms with Crippen molar-refractivity contribution in [1.82, 2.24) is 0 Å². The smallest absolute Gasteiger partial charge is 0.331 e. The lowest BCUT2D eigenvalue weighted by molar-refractivity contribution is -0.132. The van der Waals surface area contributed by atoms with Gasteiger partial charge in [0.05, 0.1) is 5.69 Å². The number of anilines is 1. The van der Waals surface area contributed by atoms with Crippen LogP contribution in [0.2, 0.25) is 0 Å². The summed E-state index contributed by atoms with van der Waals surface area (Å²) in [6.07, 6.45) is 1.44. The first-order valence-electron chi connectivity index (χ1n) is 5.45. The topological polar surface area (TPSA) is 63.3 Å². The zero-order valence-corrected chi connectivity index (χ0v) is 9.96. The molecule has 3 nitrogen and oxygen atoms in total. The molecule has 17 heavy (non-hydrogen) atoms. The van der Waals surface area contributed by atoms with Gasteiger partial charge in [-0.05, 0) is 36.6 Å². The van der Waals surface area contributed by atoms with Crippen LogP contribution in [0.4, 0.5) is 10.1 Å². The Bertz CT molecular complexity index is 466. The number of carbonyl (C=O) groups is 1. The molecule has 0 heterocycles. The molecule has 0 amide bonds. The first-order chi connectivity index (χ1) is 7.97. The number of halogens is 1. The van der Waals surface area contributed by atoms with E-state index in [-0.39, 0.29) is 11.3 Å². The highest BCUT2D eigenvalue weighted by molar-refractivity contribution is 5.96. The molecular formula is C13H16FNO2. The molecule has 0 radical (unpaired) electrons. The Morgan fingerprint density at radius 2 is 2.12 bits per heavy atom. The molecule has 0 saturated heterocycles. The van der Waals surface area contributed by atoms with Crippen LogP contribution in [-0.4, -0.2) is 11.1 Å². The van der Waals surface area contributed by atoms with E-state index < -0.39 is 11.8 Å². The van der Waals surface area contributed by atoms with E-state index in [0.29, 0.717) is 17.6 Å². The van der Waals surface area contributed by atoms with Gasteiger partial charge in [0.2, 0.25) is 0 Å². The highest BCUT2D eigenvalue weighted by Gasteiger charge is 2.12. The summed E-state index contributed by atoms with van der Waals surface area (Å²) in [5, 5.41) is 9.00. The minimum atomic E-state index is -0.962. The number of rotatable bonds is 4. The second-order valence-corrected chi connectivity index (χ2v) is 3.89. The van der Waals surface area contributed by atoms with Crippen molar-refractivity contribution in [3.63, 3.8) is 0 Å². The molecule has 1 rings (SSSR count). The van der Waals surface area contributed by atoms with Crippen LogP contribution in [0.25, 0.3) is 5.57 Å². The lowest BCUT2D eigenvalue weighted by Gasteiger charge is -2.10. The van der Waals surface area contributed by atoms with Gasteiger partial charge < -0.3 is 10.8 Å². The fourth-order valence-electron chi connectivity index (χ4n) is 1.66. The molecule has 3 N–H and O–H groups in total. The molecular weight excluding hydrogens is 221 g/mol. The minimum Gasteiger partial charge on any atom is -0.478 e. The molecule has 4 heteroatoms. The van der Waals surface area contributed by atoms with Crippen LogP contribution >= 0.6 is 0 Å². The average molecular weight is 237 g/mol. The summed E-state index contributed by atoms with van der Waals surface area (Å²) in [5.41, 5.74) is 7.17. The second-order valence-electron chi connectivity index (χ2n) is 3.89. The molecule has 0 aliphatic rings. The molecule has 0 unspecified atom stereocenters. The Morgan fingerprint density at radius 3 is 2.59 bits per heavy atom. The summed E-state index contributed by atoms with van der Waals surface area (Å²) >= 11 is 0. The van der Waals surface area contributed by atoms with Crippen molar-refractivity contribution in [2.24, 2.45) is 0 Å². The molecule has 0 atom stereocenters. The zero-order valence-electron chi connectivity index (χ0n) is 9.96. The van der Waals surface area contributed by atoms with Gasteiger partial charge in [0.1, 0.15) is 5.82 Å². The standard InChI is InChI=1S/C13H16FNO2/c1-3-4-10(8(2)13(16)17)9-5-6-11(14)12(15)7-9/h5-7H,3-4,15H2,1-2H3,(H,16,17)/b10-8+. The average Bonchev–Trinajstić information content (AvgIpc) is 2.29. The van der Waals surface area contributed by atoms with E-state index in [1.165, 1.54) is 12.1 Å². The third kappa shape index (κ3) is 3.06. The predicted molar refractivity (Wildman–Crippen MR) is 66.0 cm³/mol. The Balaban J connectivity index is 3.28. The summed E-state index contributed by atoms with van der Waals surface area (Å²) in [6.45, 7) is 3.51. The van der Waals surface area contributed by atoms with E-state index >= 15 is 0 Å². The third-order valence-electron chi connectivity index (χ3n) is 2.62. The molecule has 0 saturated carbocycles. The van der Waals surface area contributed by atoms with Gasteiger partial charge >= 0.3 is 5.97 Å². The summed E-state index contributed by atoms with van der Waals surface area (Å²) in [5.74, 6) is -1.45. The van der Waals surface area contributed by atoms with Crippen LogP contribution in [0.5, 0.6) is 0 Å². The third-order valence-corrected chi connectivity index (χ3v) is 2.62. The summed E-state index contributed by atoms with van der Waals surface area (Å²) in [4.78, 5) is 11.0. The van der Waals surface area contributed by atoms with Gasteiger partial charge in [-0.3, -0.25) is 0 Å². The Kier molecular flexibility index (Phi) is 4.26. The monoisotopic (exact) mass is 237 g/mol. The van der Waals surface area contributed by atoms with Gasteiger partial charge in [-0.25, -0.2) is 9.18 Å². The largest absolute Gasteiger partial charge is 0.478 e. The van der Waals surface area contributed by atoms with Crippen LogP contribution < -0.4 is 5.73 Å². The number of nitrogens with two attached hydrogens (primary N) is 1. The Hall–Kier alpha value is -1.84. The van der Waals surface area contributed by atoms with Crippen molar-refractivity contribution >= 4 is 17.2 Å². The maximum absolute atomic E-state index is 13.1. The molecule has 0 aliphatic carbocycles. The van der Waals surface area contributed by atoms with Crippen molar-refractivity contribution in [2.45, 2.75) is 26.7 Å². The molecule has 0 fully saturated rings. The SMILES string of the molecule is CCC/C(=C(/C)C(=O)O)c1ccc(F)c(N)c1. The molecule has 92 valence electrons. The number of benzene rings is 1. The van der Waals surface area contributed by atoms with Gasteiger partial charge in [0.15, 0.2) is 0 Å². The van der Waals surface area contributed by atoms with Crippen molar-refractivity contribution < 1.29 is 14.3 Å². The maximum atomic E-state index is 13.1. The first-order valence-corrected chi connectivity index (χ1v) is 5.45. The lowest BCUT2D eigenvalue weighted by atomic mass is 9.96. The number of aliphatic carboxylic acids is 1. The normalized spacial score (nSPS) is 12.2. The van der Waals surface area contributed by atoms with Gasteiger partial charge in [-0.15, -0.1) is 0 Å². The van der Waals surface area contributed by atoms with E-state index in [9.17, 15) is 9.18 Å². The predicted octanol–water partition coefficient (Wildman–Crippen LogP) is 3.07. The number of carboxylic acids is 1. The Morgan fingerprint density at radius 1 is 1.47 bits per heavy atom. The second kappa shape index (κ2) is 5.48. The molecule has 0 spiro atoms. The van der Waals surface area contributed by atoms with Crippen molar-refractivity contribution in [2.75, 3.05) is 5.73 Å². The van der Waals surface area contributed by atoms with E-state index in [0.717, 1.165) is 6.42 Å². The van der Waals surface area contributed by atoms with Crippen molar-refractivity contribution in [3.8, 4) is 0 Å². The van der Waals surface area contributed by atoms with Crippen LogP contribution in [0.15, 0.2) is 23.8 Å². The molecule has 1 aromatic carbocycles. The van der Waals surface area contributed by atoms with Gasteiger partial charge in [0.25, 0.3) is 0 Å². The molecule has 0 aromatic heterocycles. The van der Waals surface area contributed by atoms with E-state index in [1.807, 2.05) is 6.92 Å². The fraction of sp³-hybridized carbons (Fsp3) is 0.308. The minimum absolute atomic E-state index is 0.0364. The number of allylic oxidation sites excluding steroid dienone is 1. The highest BCUT2D eigenvalue weighted by Crippen LogP contribution is 2.26. The number of hydrogen-bond acceptors (Lipinski definition) is 2. The fourth-order valence-corrected chi connectivity index (χ4v) is 1.66. The van der Waals surface area contributed by atoms with Crippen LogP contribution in [0.3, 0.4) is 0 Å². The van der Waals surface area contributed by atoms with Gasteiger partial charge in [-0.1, -0.05) is 19.4 Å². The van der Waals surface area contributed by atoms with Crippen LogP contribution in [0.1, 0.15) is 32.3 Å². The summed E-state index contributed by atoms with van der Waals surface area (Å²) < 4.78 is 13.1. The molecule has 0 aliphatic heterocycles. The van der Waals surface area contributed by atoms with Crippen LogP contribution in [-0.2, 0) is 4.79 Å². The number of hydrogen-bond donors (Lipinski definition) is 2. The van der Waals surface area contributed by atoms with Gasteiger partial charge in [-0.2, -0.15) is 0 Å². The zero-order chi connectivity index (χ0) is 13.0. The molecule has 0 bridgehead atoms. The summed E-state index contributed by atoms with van der Waals surface area (Å²) in [7, 11) is 0. The van der Waals surface area contributed by atoms with E-state index in [2.05, 4.69) is 0 Å². The molecule has 1 aromatic rings. The van der Waals surface area contributed by atoms with E-state index in [1.54, 1.807) is 13.0 Å². The van der Waals surface area contributed by atoms with Crippen molar-refractivity contribution in [3.05, 3.63) is 35.2 Å². The lowest BCUT2D eigenvalue weighted by Crippen LogP contribution is -2.02. The van der Waals surface area contributed by atoms with E-state index in [4.69, 9.17) is 10.8 Å². The highest BCUT2D eigenvalue weighted by atomic mass is 19.1. The summed E-state index contributed by atoms with van der Waals surface area (Å²) in [6, 6.07) is 4.30. The number of nitrogen functional groups attached to an aromatic ring is 1. The first kappa shape index (κ1) is 13.2. The number of carboxylic acid groups (broad SMARTS) is 1. The van der Waals surface area contributed by atoms with Crippen LogP contribution in [0, 0.1) is 5.82 Å². The van der Waals surface area contributed by atoms with Gasteiger partial charge in [0, 0.05) is 5.57 Å². The quantitative estimate of drug-likeness (QED) is 0.624. The Labute approximate surface area is 99.8 Å². The van der Waals surface area contributed by atoms with Crippen molar-refractivity contribution in [1.29, 1.82) is 0 Å². The maximum Gasteiger partial charge on any atom is 0.331 e.